The highest BCUT2D eigenvalue weighted by Crippen LogP contribution is 2.30. The van der Waals surface area contributed by atoms with Crippen LogP contribution < -0.4 is 10.5 Å². The molecule has 0 heterocycles. The number of hydrogen-bond acceptors (Lipinski definition) is 3. The molecule has 3 N–H and O–H groups in total. The van der Waals surface area contributed by atoms with Crippen molar-refractivity contribution in [3.8, 4) is 11.5 Å². The topological polar surface area (TPSA) is 67.8 Å². The van der Waals surface area contributed by atoms with E-state index >= 15 is 0 Å². The molecule has 0 bridgehead atoms. The van der Waals surface area contributed by atoms with Gasteiger partial charge >= 0.3 is 0 Å². The summed E-state index contributed by atoms with van der Waals surface area (Å²) in [5.74, 6) is 0.104. The van der Waals surface area contributed by atoms with Crippen LogP contribution in [0.5, 0.6) is 11.5 Å². The van der Waals surface area contributed by atoms with Crippen LogP contribution in [-0.4, -0.2) is 11.0 Å². The van der Waals surface area contributed by atoms with Crippen LogP contribution in [0.4, 0.5) is 4.39 Å². The first-order valence-corrected chi connectivity index (χ1v) is 6.99. The number of amidine groups is 1. The van der Waals surface area contributed by atoms with Crippen LogP contribution in [0.3, 0.4) is 0 Å². The van der Waals surface area contributed by atoms with Crippen LogP contribution in [0, 0.1) is 5.82 Å². The van der Waals surface area contributed by atoms with Crippen LogP contribution in [0.2, 0.25) is 0 Å². The molecule has 0 aliphatic rings. The van der Waals surface area contributed by atoms with Crippen molar-refractivity contribution in [3.05, 3.63) is 56.7 Å². The van der Waals surface area contributed by atoms with Gasteiger partial charge in [0.2, 0.25) is 0 Å². The quantitative estimate of drug-likeness (QED) is 0.348. The Hall–Kier alpha value is -1.60. The maximum absolute atomic E-state index is 13.3. The first kappa shape index (κ1) is 14.8. The van der Waals surface area contributed by atoms with Crippen LogP contribution in [0.15, 0.2) is 50.5 Å². The predicted molar refractivity (Wildman–Crippen MR) is 80.8 cm³/mol. The summed E-state index contributed by atoms with van der Waals surface area (Å²) in [5.41, 5.74) is 5.98. The molecule has 0 saturated heterocycles. The molecule has 0 atom stereocenters. The van der Waals surface area contributed by atoms with E-state index in [0.29, 0.717) is 21.5 Å². The van der Waals surface area contributed by atoms with E-state index in [-0.39, 0.29) is 5.84 Å². The average molecular weight is 404 g/mol. The van der Waals surface area contributed by atoms with Crippen LogP contribution in [-0.2, 0) is 0 Å². The van der Waals surface area contributed by atoms with E-state index in [2.05, 4.69) is 37.0 Å². The first-order valence-electron chi connectivity index (χ1n) is 5.41. The Kier molecular flexibility index (Phi) is 4.61. The third-order valence-electron chi connectivity index (χ3n) is 2.39. The Balaban J connectivity index is 2.44. The minimum Gasteiger partial charge on any atom is -0.456 e. The van der Waals surface area contributed by atoms with Crippen molar-refractivity contribution < 1.29 is 14.3 Å². The van der Waals surface area contributed by atoms with Gasteiger partial charge in [0.25, 0.3) is 0 Å². The fraction of sp³-hybridized carbons (Fsp3) is 0. The number of rotatable bonds is 3. The Morgan fingerprint density at radius 1 is 1.15 bits per heavy atom. The number of nitrogens with zero attached hydrogens (tertiary/aromatic N) is 1. The fourth-order valence-corrected chi connectivity index (χ4v) is 2.34. The van der Waals surface area contributed by atoms with Gasteiger partial charge in [-0.25, -0.2) is 4.39 Å². The van der Waals surface area contributed by atoms with Gasteiger partial charge < -0.3 is 15.7 Å². The smallest absolute Gasteiger partial charge is 0.173 e. The second kappa shape index (κ2) is 6.23. The van der Waals surface area contributed by atoms with Crippen molar-refractivity contribution in [3.63, 3.8) is 0 Å². The summed E-state index contributed by atoms with van der Waals surface area (Å²) in [5, 5.41) is 11.7. The molecule has 4 nitrogen and oxygen atoms in total. The first-order chi connectivity index (χ1) is 9.49. The highest BCUT2D eigenvalue weighted by Gasteiger charge is 2.11. The third-order valence-corrected chi connectivity index (χ3v) is 3.34. The Labute approximate surface area is 131 Å². The van der Waals surface area contributed by atoms with Crippen molar-refractivity contribution >= 4 is 37.7 Å². The SMILES string of the molecule is N/C(=N/O)c1ccc(Br)cc1Oc1cc(F)cc(Br)c1. The maximum Gasteiger partial charge on any atom is 0.173 e. The van der Waals surface area contributed by atoms with Crippen LogP contribution in [0.25, 0.3) is 0 Å². The Bertz CT molecular complexity index is 657. The molecule has 0 amide bonds. The van der Waals surface area contributed by atoms with E-state index in [1.807, 2.05) is 0 Å². The van der Waals surface area contributed by atoms with Gasteiger partial charge in [-0.05, 0) is 30.3 Å². The lowest BCUT2D eigenvalue weighted by molar-refractivity contribution is 0.318. The molecular formula is C13H9Br2FN2O2. The lowest BCUT2D eigenvalue weighted by Crippen LogP contribution is -2.14. The van der Waals surface area contributed by atoms with Gasteiger partial charge in [0.15, 0.2) is 5.84 Å². The van der Waals surface area contributed by atoms with Gasteiger partial charge in [-0.3, -0.25) is 0 Å². The minimum absolute atomic E-state index is 0.0945. The zero-order valence-electron chi connectivity index (χ0n) is 9.98. The summed E-state index contributed by atoms with van der Waals surface area (Å²) in [6.07, 6.45) is 0. The summed E-state index contributed by atoms with van der Waals surface area (Å²) in [4.78, 5) is 0. The molecule has 0 fully saturated rings. The van der Waals surface area contributed by atoms with Crippen LogP contribution in [0.1, 0.15) is 5.56 Å². The molecule has 20 heavy (non-hydrogen) atoms. The van der Waals surface area contributed by atoms with Crippen molar-refractivity contribution in [2.24, 2.45) is 10.9 Å². The van der Waals surface area contributed by atoms with E-state index in [1.165, 1.54) is 12.1 Å². The summed E-state index contributed by atoms with van der Waals surface area (Å²) in [6, 6.07) is 9.16. The number of benzene rings is 2. The molecule has 0 spiro atoms. The zero-order chi connectivity index (χ0) is 14.7. The zero-order valence-corrected chi connectivity index (χ0v) is 13.2. The van der Waals surface area contributed by atoms with E-state index in [0.717, 1.165) is 4.47 Å². The van der Waals surface area contributed by atoms with E-state index in [9.17, 15) is 4.39 Å². The molecule has 104 valence electrons. The van der Waals surface area contributed by atoms with Crippen molar-refractivity contribution in [2.75, 3.05) is 0 Å². The van der Waals surface area contributed by atoms with E-state index in [1.54, 1.807) is 24.3 Å². The second-order valence-electron chi connectivity index (χ2n) is 3.83. The summed E-state index contributed by atoms with van der Waals surface area (Å²) in [7, 11) is 0. The highest BCUT2D eigenvalue weighted by atomic mass is 79.9. The molecule has 7 heteroatoms. The second-order valence-corrected chi connectivity index (χ2v) is 5.66. The van der Waals surface area contributed by atoms with Gasteiger partial charge in [0.1, 0.15) is 17.3 Å². The van der Waals surface area contributed by atoms with Crippen molar-refractivity contribution in [2.45, 2.75) is 0 Å². The largest absolute Gasteiger partial charge is 0.456 e. The molecule has 2 aromatic carbocycles. The van der Waals surface area contributed by atoms with Gasteiger partial charge in [-0.1, -0.05) is 37.0 Å². The number of oxime groups is 1. The fourth-order valence-electron chi connectivity index (χ4n) is 1.56. The van der Waals surface area contributed by atoms with Gasteiger partial charge in [0, 0.05) is 15.0 Å². The summed E-state index contributed by atoms with van der Waals surface area (Å²) in [6.45, 7) is 0. The van der Waals surface area contributed by atoms with E-state index < -0.39 is 5.82 Å². The molecule has 0 aliphatic carbocycles. The Morgan fingerprint density at radius 3 is 2.55 bits per heavy atom. The molecule has 2 aromatic rings. The minimum atomic E-state index is -0.435. The molecule has 0 unspecified atom stereocenters. The number of nitrogens with two attached hydrogens (primary N) is 1. The van der Waals surface area contributed by atoms with Gasteiger partial charge in [0.05, 0.1) is 5.56 Å². The molecule has 0 aromatic heterocycles. The average Bonchev–Trinajstić information content (AvgIpc) is 2.37. The molecule has 0 aliphatic heterocycles. The van der Waals surface area contributed by atoms with Crippen LogP contribution >= 0.6 is 31.9 Å². The number of halogens is 3. The number of ether oxygens (including phenoxy) is 1. The maximum atomic E-state index is 13.3. The van der Waals surface area contributed by atoms with Gasteiger partial charge in [-0.15, -0.1) is 0 Å². The lowest BCUT2D eigenvalue weighted by atomic mass is 10.2. The molecule has 0 saturated carbocycles. The molecule has 0 radical (unpaired) electrons. The van der Waals surface area contributed by atoms with E-state index in [4.69, 9.17) is 15.7 Å². The predicted octanol–water partition coefficient (Wildman–Crippen LogP) is 4.24. The summed E-state index contributed by atoms with van der Waals surface area (Å²) >= 11 is 6.49. The van der Waals surface area contributed by atoms with Crippen molar-refractivity contribution in [1.82, 2.24) is 0 Å². The third kappa shape index (κ3) is 3.49. The number of hydrogen-bond donors (Lipinski definition) is 2. The highest BCUT2D eigenvalue weighted by molar-refractivity contribution is 9.10. The standard InChI is InChI=1S/C13H9Br2FN2O2/c14-7-1-2-11(13(17)18-19)12(5-7)20-10-4-8(15)3-9(16)6-10/h1-6,19H,(H2,17,18). The molecular weight excluding hydrogens is 395 g/mol. The molecule has 2 rings (SSSR count). The summed E-state index contributed by atoms with van der Waals surface area (Å²) < 4.78 is 20.2. The lowest BCUT2D eigenvalue weighted by Gasteiger charge is -2.11. The monoisotopic (exact) mass is 402 g/mol. The van der Waals surface area contributed by atoms with Crippen molar-refractivity contribution in [1.29, 1.82) is 0 Å². The normalized spacial score (nSPS) is 11.4. The Morgan fingerprint density at radius 2 is 1.90 bits per heavy atom. The van der Waals surface area contributed by atoms with Gasteiger partial charge in [-0.2, -0.15) is 0 Å².